The Labute approximate surface area is 431 Å². The Bertz CT molecular complexity index is 1280. The molecule has 0 radical (unpaired) electrons. The third-order valence-corrected chi connectivity index (χ3v) is 12.6. The van der Waals surface area contributed by atoms with Crippen molar-refractivity contribution in [1.82, 2.24) is 0 Å². The summed E-state index contributed by atoms with van der Waals surface area (Å²) in [4.78, 5) is 50.2. The van der Waals surface area contributed by atoms with Gasteiger partial charge in [0.2, 0.25) is 0 Å². The number of unbranched alkanes of at least 4 members (excludes halogenated alkanes) is 29. The van der Waals surface area contributed by atoms with Crippen LogP contribution in [-0.4, -0.2) is 66.3 Å². The van der Waals surface area contributed by atoms with Crippen LogP contribution >= 0.6 is 7.82 Å². The number of allylic oxidation sites excluding steroid dienone is 4. The van der Waals surface area contributed by atoms with Gasteiger partial charge in [0.15, 0.2) is 6.10 Å². The molecule has 0 spiro atoms. The standard InChI is InChI=1S/C53H98NO11P.Na/c1-3-5-7-9-11-13-15-17-19-21-23-25-31-35-39-43-52(58)62-47-49(65-53(59)44-40-36-32-26-24-22-20-18-16-14-12-10-8-6-4-2)48-64-66(60,61)63-46-45-54-50(55)41-37-33-29-27-28-30-34-38-42-51(56)57;/h17-20,49H,3-16,21-48H2,1-2H3,(H,54,55)(H,56,57)(H,60,61);/q;+1/p-1/b19-17-,20-18-;/t49-;/m1./s1. The molecule has 67 heavy (non-hydrogen) atoms. The average Bonchev–Trinajstić information content (AvgIpc) is 3.29. The second-order valence-electron chi connectivity index (χ2n) is 18.1. The first kappa shape index (κ1) is 67.5. The molecule has 1 unspecified atom stereocenters. The number of carbonyl (C=O) groups excluding carboxylic acids is 2. The molecule has 0 rings (SSSR count). The molecule has 0 aliphatic carbocycles. The molecule has 386 valence electrons. The number of phosphoric ester groups is 1. The van der Waals surface area contributed by atoms with Crippen molar-refractivity contribution in [2.45, 2.75) is 264 Å². The van der Waals surface area contributed by atoms with Crippen LogP contribution in [-0.2, 0) is 37.5 Å². The minimum absolute atomic E-state index is 0. The summed E-state index contributed by atoms with van der Waals surface area (Å²) >= 11 is 0. The van der Waals surface area contributed by atoms with E-state index < -0.39 is 38.4 Å². The zero-order valence-electron chi connectivity index (χ0n) is 43.0. The van der Waals surface area contributed by atoms with E-state index in [-0.39, 0.29) is 80.9 Å². The fourth-order valence-corrected chi connectivity index (χ4v) is 8.27. The fourth-order valence-electron chi connectivity index (χ4n) is 7.53. The summed E-state index contributed by atoms with van der Waals surface area (Å²) < 4.78 is 33.9. The van der Waals surface area contributed by atoms with Crippen LogP contribution in [0.3, 0.4) is 0 Å². The van der Waals surface area contributed by atoms with Crippen LogP contribution in [0.5, 0.6) is 0 Å². The Morgan fingerprint density at radius 1 is 0.522 bits per heavy atom. The predicted octanol–water partition coefficient (Wildman–Crippen LogP) is 11.4. The summed E-state index contributed by atoms with van der Waals surface area (Å²) in [6, 6.07) is 0. The van der Waals surface area contributed by atoms with Gasteiger partial charge in [-0.05, 0) is 89.4 Å². The minimum atomic E-state index is -4.59. The van der Waals surface area contributed by atoms with Crippen LogP contribution in [0.1, 0.15) is 258 Å². The number of aliphatic imine (C=N–C) groups is 1. The number of carbonyl (C=O) groups is 3. The number of hydrogen-bond acceptors (Lipinski definition) is 10. The molecule has 12 nitrogen and oxygen atoms in total. The Kier molecular flexibility index (Phi) is 52.7. The van der Waals surface area contributed by atoms with E-state index >= 15 is 0 Å². The molecular weight excluding hydrogens is 881 g/mol. The van der Waals surface area contributed by atoms with Crippen LogP contribution in [0.2, 0.25) is 0 Å². The monoisotopic (exact) mass is 978 g/mol. The van der Waals surface area contributed by atoms with Crippen LogP contribution in [0.15, 0.2) is 29.3 Å². The van der Waals surface area contributed by atoms with E-state index in [0.29, 0.717) is 25.7 Å². The van der Waals surface area contributed by atoms with Gasteiger partial charge in [0.25, 0.3) is 0 Å². The normalized spacial score (nSPS) is 13.2. The molecule has 0 heterocycles. The van der Waals surface area contributed by atoms with Gasteiger partial charge in [-0.3, -0.25) is 23.4 Å². The number of carboxylic acids is 1. The molecule has 0 amide bonds. The number of carboxylic acid groups (broad SMARTS) is 1. The maximum atomic E-state index is 12.8. The van der Waals surface area contributed by atoms with Crippen molar-refractivity contribution >= 4 is 31.6 Å². The van der Waals surface area contributed by atoms with Crippen molar-refractivity contribution in [2.24, 2.45) is 4.99 Å². The number of hydrogen-bond donors (Lipinski definition) is 2. The van der Waals surface area contributed by atoms with Crippen molar-refractivity contribution in [3.63, 3.8) is 0 Å². The quantitative estimate of drug-likeness (QED) is 0.0113. The van der Waals surface area contributed by atoms with Crippen molar-refractivity contribution in [2.75, 3.05) is 26.4 Å². The van der Waals surface area contributed by atoms with E-state index in [1.165, 1.54) is 77.0 Å². The second-order valence-corrected chi connectivity index (χ2v) is 19.5. The first-order chi connectivity index (χ1) is 32.1. The van der Waals surface area contributed by atoms with Crippen LogP contribution in [0, 0.1) is 0 Å². The molecule has 0 fully saturated rings. The second kappa shape index (κ2) is 52.3. The zero-order chi connectivity index (χ0) is 48.4. The van der Waals surface area contributed by atoms with Gasteiger partial charge < -0.3 is 29.6 Å². The van der Waals surface area contributed by atoms with E-state index in [9.17, 15) is 28.9 Å². The van der Waals surface area contributed by atoms with Crippen LogP contribution < -0.4 is 34.7 Å². The van der Waals surface area contributed by atoms with Crippen molar-refractivity contribution in [3.8, 4) is 0 Å². The third kappa shape index (κ3) is 53.7. The average molecular weight is 978 g/mol. The minimum Gasteiger partial charge on any atom is -0.862 e. The third-order valence-electron chi connectivity index (χ3n) is 11.6. The summed E-state index contributed by atoms with van der Waals surface area (Å²) in [5, 5.41) is 20.9. The molecule has 0 aliphatic heterocycles. The van der Waals surface area contributed by atoms with Gasteiger partial charge in [0.1, 0.15) is 6.61 Å². The first-order valence-electron chi connectivity index (χ1n) is 26.8. The van der Waals surface area contributed by atoms with E-state index in [1.807, 2.05) is 0 Å². The Morgan fingerprint density at radius 3 is 1.33 bits per heavy atom. The number of aliphatic carboxylic acids is 1. The number of phosphoric acid groups is 1. The van der Waals surface area contributed by atoms with Crippen molar-refractivity contribution in [3.05, 3.63) is 24.3 Å². The topological polar surface area (TPSA) is 181 Å². The Morgan fingerprint density at radius 2 is 0.896 bits per heavy atom. The molecule has 0 aliphatic rings. The van der Waals surface area contributed by atoms with Gasteiger partial charge in [-0.25, -0.2) is 4.57 Å². The van der Waals surface area contributed by atoms with Crippen molar-refractivity contribution in [1.29, 1.82) is 0 Å². The van der Waals surface area contributed by atoms with Gasteiger partial charge in [0.05, 0.1) is 19.8 Å². The van der Waals surface area contributed by atoms with Gasteiger partial charge in [0, 0.05) is 19.3 Å². The molecule has 2 N–H and O–H groups in total. The Hall–Kier alpha value is -1.53. The molecule has 0 aromatic heterocycles. The summed E-state index contributed by atoms with van der Waals surface area (Å²) in [5.41, 5.74) is 0. The maximum absolute atomic E-state index is 12.8. The zero-order valence-corrected chi connectivity index (χ0v) is 45.9. The molecule has 2 atom stereocenters. The molecule has 0 aromatic rings. The van der Waals surface area contributed by atoms with E-state index in [2.05, 4.69) is 43.1 Å². The van der Waals surface area contributed by atoms with E-state index in [1.54, 1.807) is 0 Å². The molecule has 0 aromatic carbocycles. The first-order valence-corrected chi connectivity index (χ1v) is 28.3. The maximum Gasteiger partial charge on any atom is 1.00 e. The number of nitrogens with zero attached hydrogens (tertiary/aromatic N) is 1. The largest absolute Gasteiger partial charge is 1.00 e. The fraction of sp³-hybridized carbons (Fsp3) is 0.849. The number of esters is 2. The molecule has 0 saturated heterocycles. The van der Waals surface area contributed by atoms with Gasteiger partial charge in [-0.2, -0.15) is 0 Å². The summed E-state index contributed by atoms with van der Waals surface area (Å²) in [6.45, 7) is 3.25. The molecule has 0 saturated carbocycles. The summed E-state index contributed by atoms with van der Waals surface area (Å²) in [6.07, 6.45) is 46.2. The smallest absolute Gasteiger partial charge is 0.862 e. The van der Waals surface area contributed by atoms with Gasteiger partial charge >= 0.3 is 55.3 Å². The SMILES string of the molecule is CCCCCCCC/C=C\CCCCCCCC(=O)OC[C@H](COP(=O)(O)OCCN=C([O-])CCCCCCCCCCC(=O)O)OC(=O)CCCCCCC/C=C\CCCCCCCC.[Na+]. The van der Waals surface area contributed by atoms with E-state index in [4.69, 9.17) is 23.6 Å². The summed E-state index contributed by atoms with van der Waals surface area (Å²) in [5.74, 6) is -1.98. The number of ether oxygens (including phenoxy) is 2. The molecule has 14 heteroatoms. The molecule has 0 bridgehead atoms. The van der Waals surface area contributed by atoms with Gasteiger partial charge in [-0.1, -0.05) is 179 Å². The summed E-state index contributed by atoms with van der Waals surface area (Å²) in [7, 11) is -4.59. The van der Waals surface area contributed by atoms with Crippen LogP contribution in [0.25, 0.3) is 0 Å². The van der Waals surface area contributed by atoms with Crippen molar-refractivity contribution < 1.29 is 82.1 Å². The Balaban J connectivity index is 0. The number of rotatable bonds is 51. The molecular formula is C53H97NNaO11P. The van der Waals surface area contributed by atoms with Gasteiger partial charge in [-0.15, -0.1) is 0 Å². The van der Waals surface area contributed by atoms with E-state index in [0.717, 1.165) is 116 Å². The predicted molar refractivity (Wildman–Crippen MR) is 268 cm³/mol. The van der Waals surface area contributed by atoms with Crippen LogP contribution in [0.4, 0.5) is 0 Å².